The molecule has 1 heterocycles. The number of H-pyrrole nitrogens is 1. The molecule has 3 N–H and O–H groups in total. The molecule has 0 spiro atoms. The molecule has 0 bridgehead atoms. The first-order valence-electron chi connectivity index (χ1n) is 6.32. The van der Waals surface area contributed by atoms with E-state index in [0.29, 0.717) is 12.2 Å². The first-order valence-corrected chi connectivity index (χ1v) is 6.32. The van der Waals surface area contributed by atoms with Crippen molar-refractivity contribution in [3.63, 3.8) is 0 Å². The van der Waals surface area contributed by atoms with Gasteiger partial charge in [-0.15, -0.1) is 0 Å². The van der Waals surface area contributed by atoms with Gasteiger partial charge in [0.15, 0.2) is 0 Å². The molecule has 0 saturated carbocycles. The van der Waals surface area contributed by atoms with E-state index < -0.39 is 5.91 Å². The lowest BCUT2D eigenvalue weighted by molar-refractivity contribution is 0.0998. The third-order valence-corrected chi connectivity index (χ3v) is 3.20. The first-order chi connectivity index (χ1) is 9.74. The zero-order valence-electron chi connectivity index (χ0n) is 10.8. The average Bonchev–Trinajstić information content (AvgIpc) is 2.92. The molecule has 4 nitrogen and oxygen atoms in total. The molecule has 100 valence electrons. The maximum atomic E-state index is 11.3. The van der Waals surface area contributed by atoms with Crippen LogP contribution in [0.3, 0.4) is 0 Å². The number of hydrogen-bond acceptors (Lipinski definition) is 2. The van der Waals surface area contributed by atoms with Crippen LogP contribution in [0.4, 0.5) is 0 Å². The summed E-state index contributed by atoms with van der Waals surface area (Å²) in [6.07, 6.45) is 1.89. The first kappa shape index (κ1) is 12.3. The normalized spacial score (nSPS) is 10.6. The molecule has 20 heavy (non-hydrogen) atoms. The van der Waals surface area contributed by atoms with E-state index in [4.69, 9.17) is 10.5 Å². The number of carbonyl (C=O) groups excluding carboxylic acids is 1. The second kappa shape index (κ2) is 5.09. The van der Waals surface area contributed by atoms with Crippen LogP contribution in [0.5, 0.6) is 5.75 Å². The Morgan fingerprint density at radius 1 is 1.15 bits per heavy atom. The topological polar surface area (TPSA) is 68.1 Å². The molecular weight excluding hydrogens is 252 g/mol. The van der Waals surface area contributed by atoms with Crippen molar-refractivity contribution in [1.29, 1.82) is 0 Å². The minimum Gasteiger partial charge on any atom is -0.489 e. The van der Waals surface area contributed by atoms with Crippen LogP contribution in [0.25, 0.3) is 10.9 Å². The zero-order valence-corrected chi connectivity index (χ0v) is 10.8. The van der Waals surface area contributed by atoms with Crippen LogP contribution in [-0.4, -0.2) is 10.9 Å². The molecule has 0 unspecified atom stereocenters. The highest BCUT2D eigenvalue weighted by molar-refractivity contribution is 5.94. The Morgan fingerprint density at radius 3 is 2.85 bits per heavy atom. The lowest BCUT2D eigenvalue weighted by Gasteiger charge is -2.09. The lowest BCUT2D eigenvalue weighted by Crippen LogP contribution is -2.14. The maximum absolute atomic E-state index is 11.3. The molecule has 0 aliphatic rings. The Morgan fingerprint density at radius 2 is 2.00 bits per heavy atom. The number of aromatic amines is 1. The Labute approximate surface area is 116 Å². The molecule has 3 aromatic rings. The predicted octanol–water partition coefficient (Wildman–Crippen LogP) is 2.85. The quantitative estimate of drug-likeness (QED) is 0.762. The fraction of sp³-hybridized carbons (Fsp3) is 0.0625. The van der Waals surface area contributed by atoms with Crippen molar-refractivity contribution >= 4 is 16.8 Å². The highest BCUT2D eigenvalue weighted by Gasteiger charge is 2.07. The molecular formula is C16H14N2O2. The van der Waals surface area contributed by atoms with Crippen LogP contribution < -0.4 is 10.5 Å². The van der Waals surface area contributed by atoms with Gasteiger partial charge < -0.3 is 15.5 Å². The monoisotopic (exact) mass is 266 g/mol. The summed E-state index contributed by atoms with van der Waals surface area (Å²) in [7, 11) is 0. The molecule has 0 aliphatic heterocycles. The van der Waals surface area contributed by atoms with Crippen LogP contribution in [0.2, 0.25) is 0 Å². The van der Waals surface area contributed by atoms with Crippen LogP contribution in [0.1, 0.15) is 15.9 Å². The van der Waals surface area contributed by atoms with Gasteiger partial charge in [0.25, 0.3) is 0 Å². The predicted molar refractivity (Wildman–Crippen MR) is 77.6 cm³/mol. The van der Waals surface area contributed by atoms with Gasteiger partial charge in [0.1, 0.15) is 12.4 Å². The van der Waals surface area contributed by atoms with Crippen LogP contribution in [0, 0.1) is 0 Å². The zero-order chi connectivity index (χ0) is 13.9. The smallest absolute Gasteiger partial charge is 0.249 e. The molecule has 1 amide bonds. The molecule has 0 radical (unpaired) electrons. The molecule has 4 heteroatoms. The van der Waals surface area contributed by atoms with E-state index in [1.807, 2.05) is 42.6 Å². The van der Waals surface area contributed by atoms with Crippen LogP contribution in [-0.2, 0) is 6.61 Å². The highest BCUT2D eigenvalue weighted by atomic mass is 16.5. The van der Waals surface area contributed by atoms with E-state index in [1.165, 1.54) is 0 Å². The summed E-state index contributed by atoms with van der Waals surface area (Å²) in [5, 5.41) is 1.09. The van der Waals surface area contributed by atoms with Gasteiger partial charge in [-0.2, -0.15) is 0 Å². The Bertz CT molecular complexity index is 762. The van der Waals surface area contributed by atoms with Crippen molar-refractivity contribution in [2.75, 3.05) is 0 Å². The molecule has 0 fully saturated rings. The number of nitrogens with one attached hydrogen (secondary N) is 1. The summed E-state index contributed by atoms with van der Waals surface area (Å²) in [5.41, 5.74) is 7.69. The molecule has 1 aromatic heterocycles. The van der Waals surface area contributed by atoms with Gasteiger partial charge in [-0.3, -0.25) is 4.79 Å². The number of fused-ring (bicyclic) bond motifs is 1. The van der Waals surface area contributed by atoms with E-state index in [-0.39, 0.29) is 0 Å². The summed E-state index contributed by atoms with van der Waals surface area (Å²) in [4.78, 5) is 14.5. The number of primary amides is 1. The van der Waals surface area contributed by atoms with Crippen molar-refractivity contribution in [2.24, 2.45) is 5.73 Å². The van der Waals surface area contributed by atoms with Crippen molar-refractivity contribution in [2.45, 2.75) is 6.61 Å². The largest absolute Gasteiger partial charge is 0.489 e. The summed E-state index contributed by atoms with van der Waals surface area (Å²) in [6.45, 7) is 0.315. The number of aromatic nitrogens is 1. The highest BCUT2D eigenvalue weighted by Crippen LogP contribution is 2.21. The molecule has 3 rings (SSSR count). The van der Waals surface area contributed by atoms with Crippen molar-refractivity contribution in [3.8, 4) is 5.75 Å². The van der Waals surface area contributed by atoms with Gasteiger partial charge >= 0.3 is 0 Å². The third kappa shape index (κ3) is 2.36. The average molecular weight is 266 g/mol. The van der Waals surface area contributed by atoms with Gasteiger partial charge in [0.05, 0.1) is 0 Å². The van der Waals surface area contributed by atoms with E-state index in [2.05, 4.69) is 4.98 Å². The second-order valence-electron chi connectivity index (χ2n) is 4.54. The number of carbonyl (C=O) groups is 1. The fourth-order valence-electron chi connectivity index (χ4n) is 2.17. The third-order valence-electron chi connectivity index (χ3n) is 3.20. The van der Waals surface area contributed by atoms with Crippen molar-refractivity contribution in [1.82, 2.24) is 4.98 Å². The number of hydrogen-bond donors (Lipinski definition) is 2. The summed E-state index contributed by atoms with van der Waals surface area (Å²) in [6, 6.07) is 15.0. The number of amides is 1. The number of ether oxygens (including phenoxy) is 1. The van der Waals surface area contributed by atoms with E-state index in [0.717, 1.165) is 22.2 Å². The second-order valence-corrected chi connectivity index (χ2v) is 4.54. The molecule has 0 atom stereocenters. The fourth-order valence-corrected chi connectivity index (χ4v) is 2.17. The number of nitrogens with two attached hydrogens (primary N) is 1. The van der Waals surface area contributed by atoms with Gasteiger partial charge in [-0.05, 0) is 30.3 Å². The molecule has 0 aliphatic carbocycles. The molecule has 2 aromatic carbocycles. The van der Waals surface area contributed by atoms with Gasteiger partial charge in [-0.1, -0.05) is 18.2 Å². The van der Waals surface area contributed by atoms with Crippen LogP contribution >= 0.6 is 0 Å². The van der Waals surface area contributed by atoms with Crippen LogP contribution in [0.15, 0.2) is 54.7 Å². The Hall–Kier alpha value is -2.75. The number of benzene rings is 2. The van der Waals surface area contributed by atoms with E-state index in [1.54, 1.807) is 12.1 Å². The van der Waals surface area contributed by atoms with E-state index in [9.17, 15) is 4.79 Å². The van der Waals surface area contributed by atoms with E-state index >= 15 is 0 Å². The Balaban J connectivity index is 1.80. The van der Waals surface area contributed by atoms with Gasteiger partial charge in [-0.25, -0.2) is 0 Å². The minimum atomic E-state index is -0.440. The van der Waals surface area contributed by atoms with Crippen molar-refractivity contribution in [3.05, 3.63) is 65.9 Å². The molecule has 0 saturated heterocycles. The Kier molecular flexibility index (Phi) is 3.13. The standard InChI is InChI=1S/C16H14N2O2/c17-16(19)14-4-2-1-3-12(14)10-20-13-5-6-15-11(9-13)7-8-18-15/h1-9,18H,10H2,(H2,17,19). The van der Waals surface area contributed by atoms with Gasteiger partial charge in [0, 0.05) is 28.2 Å². The summed E-state index contributed by atoms with van der Waals surface area (Å²) < 4.78 is 5.74. The summed E-state index contributed by atoms with van der Waals surface area (Å²) in [5.74, 6) is 0.321. The van der Waals surface area contributed by atoms with Gasteiger partial charge in [0.2, 0.25) is 5.91 Å². The minimum absolute atomic E-state index is 0.315. The maximum Gasteiger partial charge on any atom is 0.249 e. The SMILES string of the molecule is NC(=O)c1ccccc1COc1ccc2[nH]ccc2c1. The number of rotatable bonds is 4. The summed E-state index contributed by atoms with van der Waals surface area (Å²) >= 11 is 0. The lowest BCUT2D eigenvalue weighted by atomic mass is 10.1. The van der Waals surface area contributed by atoms with Crippen molar-refractivity contribution < 1.29 is 9.53 Å².